The fourth-order valence-electron chi connectivity index (χ4n) is 2.88. The van der Waals surface area contributed by atoms with Crippen LogP contribution in [0.25, 0.3) is 0 Å². The van der Waals surface area contributed by atoms with E-state index in [0.29, 0.717) is 30.7 Å². The number of ether oxygens (including phenoxy) is 1. The molecule has 20 heavy (non-hydrogen) atoms. The molecule has 1 aromatic carbocycles. The molecule has 2 atom stereocenters. The van der Waals surface area contributed by atoms with E-state index in [4.69, 9.17) is 10.5 Å². The van der Waals surface area contributed by atoms with Crippen LogP contribution < -0.4 is 5.73 Å². The molecule has 0 aliphatic heterocycles. The van der Waals surface area contributed by atoms with Crippen molar-refractivity contribution < 1.29 is 9.13 Å². The summed E-state index contributed by atoms with van der Waals surface area (Å²) in [6, 6.07) is 7.27. The molecule has 0 spiro atoms. The number of hydrogen-bond donors (Lipinski definition) is 1. The minimum atomic E-state index is -0.173. The van der Waals surface area contributed by atoms with E-state index in [9.17, 15) is 4.39 Å². The lowest BCUT2D eigenvalue weighted by Gasteiger charge is -2.36. The summed E-state index contributed by atoms with van der Waals surface area (Å²) in [6.07, 6.45) is 2.53. The summed E-state index contributed by atoms with van der Waals surface area (Å²) in [5, 5.41) is 0. The van der Waals surface area contributed by atoms with Crippen molar-refractivity contribution in [2.75, 3.05) is 26.8 Å². The first kappa shape index (κ1) is 15.4. The minimum absolute atomic E-state index is 0.0815. The predicted octanol–water partition coefficient (Wildman–Crippen LogP) is 2.57. The maximum atomic E-state index is 14.1. The average molecular weight is 280 g/mol. The molecule has 2 rings (SSSR count). The highest BCUT2D eigenvalue weighted by atomic mass is 19.1. The zero-order chi connectivity index (χ0) is 14.5. The van der Waals surface area contributed by atoms with Crippen molar-refractivity contribution in [1.82, 2.24) is 4.90 Å². The van der Waals surface area contributed by atoms with Gasteiger partial charge in [-0.2, -0.15) is 0 Å². The molecule has 2 unspecified atom stereocenters. The summed E-state index contributed by atoms with van der Waals surface area (Å²) >= 11 is 0. The smallest absolute Gasteiger partial charge is 0.128 e. The topological polar surface area (TPSA) is 38.5 Å². The molecule has 0 bridgehead atoms. The summed E-state index contributed by atoms with van der Waals surface area (Å²) < 4.78 is 19.3. The van der Waals surface area contributed by atoms with Crippen LogP contribution in [0.5, 0.6) is 0 Å². The van der Waals surface area contributed by atoms with Crippen molar-refractivity contribution in [1.29, 1.82) is 0 Å². The van der Waals surface area contributed by atoms with Crippen LogP contribution in [0.3, 0.4) is 0 Å². The molecule has 4 heteroatoms. The van der Waals surface area contributed by atoms with Crippen molar-refractivity contribution in [3.8, 4) is 0 Å². The lowest BCUT2D eigenvalue weighted by Crippen LogP contribution is -2.43. The van der Waals surface area contributed by atoms with Crippen molar-refractivity contribution >= 4 is 0 Å². The molecule has 112 valence electrons. The monoisotopic (exact) mass is 280 g/mol. The molecule has 1 aromatic rings. The Labute approximate surface area is 120 Å². The van der Waals surface area contributed by atoms with Crippen LogP contribution in [-0.4, -0.2) is 37.7 Å². The second-order valence-corrected chi connectivity index (χ2v) is 5.58. The van der Waals surface area contributed by atoms with Crippen LogP contribution in [0.4, 0.5) is 4.39 Å². The lowest BCUT2D eigenvalue weighted by molar-refractivity contribution is 0.0821. The molecule has 0 amide bonds. The molecule has 0 radical (unpaired) electrons. The Morgan fingerprint density at radius 1 is 1.40 bits per heavy atom. The van der Waals surface area contributed by atoms with E-state index in [-0.39, 0.29) is 11.9 Å². The van der Waals surface area contributed by atoms with E-state index in [1.54, 1.807) is 13.2 Å². The Balaban J connectivity index is 2.21. The van der Waals surface area contributed by atoms with Gasteiger partial charge in [-0.05, 0) is 31.7 Å². The van der Waals surface area contributed by atoms with Gasteiger partial charge in [0, 0.05) is 31.8 Å². The minimum Gasteiger partial charge on any atom is -0.383 e. The Morgan fingerprint density at radius 3 is 2.65 bits per heavy atom. The van der Waals surface area contributed by atoms with E-state index < -0.39 is 0 Å². The number of halogens is 1. The fraction of sp³-hybridized carbons (Fsp3) is 0.625. The maximum Gasteiger partial charge on any atom is 0.128 e. The third-order valence-corrected chi connectivity index (χ3v) is 4.27. The molecular formula is C16H25FN2O. The fourth-order valence-corrected chi connectivity index (χ4v) is 2.88. The number of benzene rings is 1. The van der Waals surface area contributed by atoms with Gasteiger partial charge in [-0.3, -0.25) is 4.90 Å². The number of rotatable bonds is 8. The van der Waals surface area contributed by atoms with Gasteiger partial charge in [0.2, 0.25) is 0 Å². The molecule has 0 heterocycles. The van der Waals surface area contributed by atoms with Crippen molar-refractivity contribution in [2.45, 2.75) is 31.8 Å². The Bertz CT molecular complexity index is 423. The highest BCUT2D eigenvalue weighted by Crippen LogP contribution is 2.38. The molecular weight excluding hydrogens is 255 g/mol. The second kappa shape index (κ2) is 7.16. The molecule has 1 aliphatic rings. The molecule has 2 N–H and O–H groups in total. The van der Waals surface area contributed by atoms with Crippen LogP contribution >= 0.6 is 0 Å². The Hall–Kier alpha value is -0.970. The van der Waals surface area contributed by atoms with Crippen LogP contribution in [0.1, 0.15) is 31.4 Å². The summed E-state index contributed by atoms with van der Waals surface area (Å²) in [7, 11) is 1.69. The summed E-state index contributed by atoms with van der Waals surface area (Å²) in [5.74, 6) is 0.543. The van der Waals surface area contributed by atoms with Crippen molar-refractivity contribution in [3.05, 3.63) is 35.6 Å². The second-order valence-electron chi connectivity index (χ2n) is 5.58. The molecule has 0 saturated heterocycles. The summed E-state index contributed by atoms with van der Waals surface area (Å²) in [6.45, 7) is 4.06. The molecule has 1 fully saturated rings. The maximum absolute atomic E-state index is 14.1. The average Bonchev–Trinajstić information content (AvgIpc) is 3.28. The molecule has 1 aliphatic carbocycles. The molecule has 3 nitrogen and oxygen atoms in total. The highest BCUT2D eigenvalue weighted by molar-refractivity contribution is 5.22. The van der Waals surface area contributed by atoms with Gasteiger partial charge >= 0.3 is 0 Å². The SMILES string of the molecule is COCCN(C(CN)c1ccccc1F)C(C)C1CC1. The van der Waals surface area contributed by atoms with Gasteiger partial charge in [0.25, 0.3) is 0 Å². The van der Waals surface area contributed by atoms with Crippen molar-refractivity contribution in [2.24, 2.45) is 11.7 Å². The van der Waals surface area contributed by atoms with Crippen molar-refractivity contribution in [3.63, 3.8) is 0 Å². The lowest BCUT2D eigenvalue weighted by atomic mass is 10.0. The first-order valence-corrected chi connectivity index (χ1v) is 7.38. The van der Waals surface area contributed by atoms with Crippen LogP contribution in [0.2, 0.25) is 0 Å². The van der Waals surface area contributed by atoms with Gasteiger partial charge in [0.1, 0.15) is 5.82 Å². The number of methoxy groups -OCH3 is 1. The number of hydrogen-bond acceptors (Lipinski definition) is 3. The normalized spacial score (nSPS) is 18.2. The van der Waals surface area contributed by atoms with Gasteiger partial charge < -0.3 is 10.5 Å². The van der Waals surface area contributed by atoms with Gasteiger partial charge in [0.15, 0.2) is 0 Å². The van der Waals surface area contributed by atoms with Crippen LogP contribution in [0.15, 0.2) is 24.3 Å². The van der Waals surface area contributed by atoms with E-state index in [2.05, 4.69) is 11.8 Å². The molecule has 0 aromatic heterocycles. The predicted molar refractivity (Wildman–Crippen MR) is 79.0 cm³/mol. The Kier molecular flexibility index (Phi) is 5.52. The zero-order valence-electron chi connectivity index (χ0n) is 12.4. The number of nitrogens with zero attached hydrogens (tertiary/aromatic N) is 1. The quantitative estimate of drug-likeness (QED) is 0.795. The van der Waals surface area contributed by atoms with E-state index in [1.165, 1.54) is 18.9 Å². The summed E-state index contributed by atoms with van der Waals surface area (Å²) in [4.78, 5) is 2.31. The van der Waals surface area contributed by atoms with Gasteiger partial charge in [-0.25, -0.2) is 4.39 Å². The zero-order valence-corrected chi connectivity index (χ0v) is 12.4. The number of nitrogens with two attached hydrogens (primary N) is 1. The first-order valence-electron chi connectivity index (χ1n) is 7.38. The van der Waals surface area contributed by atoms with Gasteiger partial charge in [0.05, 0.1) is 12.6 Å². The summed E-state index contributed by atoms with van der Waals surface area (Å²) in [5.41, 5.74) is 6.65. The van der Waals surface area contributed by atoms with E-state index in [1.807, 2.05) is 12.1 Å². The van der Waals surface area contributed by atoms with Crippen LogP contribution in [-0.2, 0) is 4.74 Å². The third-order valence-electron chi connectivity index (χ3n) is 4.27. The van der Waals surface area contributed by atoms with E-state index in [0.717, 1.165) is 6.54 Å². The Morgan fingerprint density at radius 2 is 2.10 bits per heavy atom. The third kappa shape index (κ3) is 3.57. The highest BCUT2D eigenvalue weighted by Gasteiger charge is 2.35. The van der Waals surface area contributed by atoms with Gasteiger partial charge in [-0.15, -0.1) is 0 Å². The van der Waals surface area contributed by atoms with Crippen LogP contribution in [0, 0.1) is 11.7 Å². The molecule has 1 saturated carbocycles. The standard InChI is InChI=1S/C16H25FN2O/c1-12(13-7-8-13)19(9-10-20-2)16(11-18)14-5-3-4-6-15(14)17/h3-6,12-13,16H,7-11,18H2,1-2H3. The first-order chi connectivity index (χ1) is 9.69. The largest absolute Gasteiger partial charge is 0.383 e. The van der Waals surface area contributed by atoms with E-state index >= 15 is 0 Å². The van der Waals surface area contributed by atoms with Gasteiger partial charge in [-0.1, -0.05) is 18.2 Å².